The molecule has 6 heteroatoms. The first-order chi connectivity index (χ1) is 6.70. The van der Waals surface area contributed by atoms with Gasteiger partial charge in [0.1, 0.15) is 11.3 Å². The van der Waals surface area contributed by atoms with E-state index < -0.39 is 5.91 Å². The van der Waals surface area contributed by atoms with Crippen LogP contribution in [0.1, 0.15) is 16.2 Å². The standard InChI is InChI=1S/C8H9N5O/c9-2-6-12-5-1-4(7(10)14)3-11-8(5)13-6/h1,3H,2,9H2,(H2,10,14)(H,11,12,13). The van der Waals surface area contributed by atoms with E-state index in [1.165, 1.54) is 6.20 Å². The van der Waals surface area contributed by atoms with Crippen LogP contribution in [0.4, 0.5) is 0 Å². The first-order valence-corrected chi connectivity index (χ1v) is 4.05. The molecule has 0 aliphatic rings. The molecule has 14 heavy (non-hydrogen) atoms. The summed E-state index contributed by atoms with van der Waals surface area (Å²) in [5.74, 6) is 0.116. The van der Waals surface area contributed by atoms with E-state index in [0.717, 1.165) is 0 Å². The summed E-state index contributed by atoms with van der Waals surface area (Å²) in [7, 11) is 0. The Kier molecular flexibility index (Phi) is 1.90. The number of carbonyl (C=O) groups excluding carboxylic acids is 1. The molecule has 2 aromatic rings. The highest BCUT2D eigenvalue weighted by atomic mass is 16.1. The quantitative estimate of drug-likeness (QED) is 0.595. The molecule has 0 radical (unpaired) electrons. The summed E-state index contributed by atoms with van der Waals surface area (Å²) in [6.07, 6.45) is 1.41. The summed E-state index contributed by atoms with van der Waals surface area (Å²) in [5.41, 5.74) is 12.0. The van der Waals surface area contributed by atoms with Gasteiger partial charge >= 0.3 is 0 Å². The van der Waals surface area contributed by atoms with E-state index in [2.05, 4.69) is 15.0 Å². The molecule has 2 rings (SSSR count). The number of rotatable bonds is 2. The average molecular weight is 191 g/mol. The summed E-state index contributed by atoms with van der Waals surface area (Å²) in [5, 5.41) is 0. The number of hydrogen-bond donors (Lipinski definition) is 3. The molecular weight excluding hydrogens is 182 g/mol. The Labute approximate surface area is 79.3 Å². The maximum atomic E-state index is 10.8. The van der Waals surface area contributed by atoms with Gasteiger partial charge in [0, 0.05) is 6.20 Å². The molecular formula is C8H9N5O. The molecule has 72 valence electrons. The van der Waals surface area contributed by atoms with Crippen molar-refractivity contribution >= 4 is 17.1 Å². The predicted molar refractivity (Wildman–Crippen MR) is 50.3 cm³/mol. The van der Waals surface area contributed by atoms with Crippen molar-refractivity contribution in [1.29, 1.82) is 0 Å². The maximum Gasteiger partial charge on any atom is 0.250 e. The van der Waals surface area contributed by atoms with Crippen LogP contribution in [0.25, 0.3) is 11.2 Å². The Morgan fingerprint density at radius 3 is 3.00 bits per heavy atom. The van der Waals surface area contributed by atoms with Crippen LogP contribution in [0.15, 0.2) is 12.3 Å². The van der Waals surface area contributed by atoms with Gasteiger partial charge in [-0.1, -0.05) is 0 Å². The van der Waals surface area contributed by atoms with E-state index in [9.17, 15) is 4.79 Å². The van der Waals surface area contributed by atoms with Crippen molar-refractivity contribution in [2.45, 2.75) is 6.54 Å². The number of nitrogens with zero attached hydrogens (tertiary/aromatic N) is 2. The second-order valence-corrected chi connectivity index (χ2v) is 2.84. The van der Waals surface area contributed by atoms with Crippen LogP contribution in [0.2, 0.25) is 0 Å². The van der Waals surface area contributed by atoms with Crippen LogP contribution in [0.3, 0.4) is 0 Å². The van der Waals surface area contributed by atoms with E-state index in [4.69, 9.17) is 11.5 Å². The van der Waals surface area contributed by atoms with E-state index >= 15 is 0 Å². The SMILES string of the molecule is NCc1nc2cc(C(N)=O)cnc2[nH]1. The molecule has 0 atom stereocenters. The lowest BCUT2D eigenvalue weighted by Crippen LogP contribution is -2.10. The molecule has 5 N–H and O–H groups in total. The summed E-state index contributed by atoms with van der Waals surface area (Å²) in [4.78, 5) is 21.9. The van der Waals surface area contributed by atoms with E-state index in [0.29, 0.717) is 29.1 Å². The second kappa shape index (κ2) is 3.08. The van der Waals surface area contributed by atoms with Crippen molar-refractivity contribution < 1.29 is 4.79 Å². The molecule has 0 spiro atoms. The Morgan fingerprint density at radius 1 is 1.57 bits per heavy atom. The average Bonchev–Trinajstić information content (AvgIpc) is 2.58. The summed E-state index contributed by atoms with van der Waals surface area (Å²) >= 11 is 0. The molecule has 2 heterocycles. The molecule has 6 nitrogen and oxygen atoms in total. The molecule has 0 unspecified atom stereocenters. The highest BCUT2D eigenvalue weighted by Crippen LogP contribution is 2.10. The number of aromatic amines is 1. The zero-order chi connectivity index (χ0) is 10.1. The number of imidazole rings is 1. The number of pyridine rings is 1. The number of fused-ring (bicyclic) bond motifs is 1. The Balaban J connectivity index is 2.59. The number of amides is 1. The van der Waals surface area contributed by atoms with Crippen LogP contribution in [0, 0.1) is 0 Å². The van der Waals surface area contributed by atoms with Gasteiger partial charge in [-0.15, -0.1) is 0 Å². The molecule has 0 saturated heterocycles. The van der Waals surface area contributed by atoms with Gasteiger partial charge in [0.25, 0.3) is 0 Å². The molecule has 0 fully saturated rings. The zero-order valence-electron chi connectivity index (χ0n) is 7.32. The molecule has 0 aliphatic heterocycles. The smallest absolute Gasteiger partial charge is 0.250 e. The first-order valence-electron chi connectivity index (χ1n) is 4.05. The molecule has 0 aliphatic carbocycles. The van der Waals surface area contributed by atoms with E-state index in [1.54, 1.807) is 6.07 Å². The number of hydrogen-bond acceptors (Lipinski definition) is 4. The third kappa shape index (κ3) is 1.31. The van der Waals surface area contributed by atoms with E-state index in [1.807, 2.05) is 0 Å². The molecule has 2 aromatic heterocycles. The van der Waals surface area contributed by atoms with E-state index in [-0.39, 0.29) is 0 Å². The minimum atomic E-state index is -0.517. The van der Waals surface area contributed by atoms with Crippen LogP contribution < -0.4 is 11.5 Å². The highest BCUT2D eigenvalue weighted by Gasteiger charge is 2.06. The number of aromatic nitrogens is 3. The van der Waals surface area contributed by atoms with Crippen molar-refractivity contribution in [1.82, 2.24) is 15.0 Å². The van der Waals surface area contributed by atoms with Gasteiger partial charge < -0.3 is 16.5 Å². The fraction of sp³-hybridized carbons (Fsp3) is 0.125. The number of nitrogens with one attached hydrogen (secondary N) is 1. The molecule has 0 saturated carbocycles. The molecule has 0 bridgehead atoms. The van der Waals surface area contributed by atoms with Crippen LogP contribution in [0.5, 0.6) is 0 Å². The fourth-order valence-electron chi connectivity index (χ4n) is 1.18. The third-order valence-electron chi connectivity index (χ3n) is 1.86. The summed E-state index contributed by atoms with van der Waals surface area (Å²) in [6.45, 7) is 0.308. The second-order valence-electron chi connectivity index (χ2n) is 2.84. The number of carbonyl (C=O) groups is 1. The molecule has 1 amide bonds. The Hall–Kier alpha value is -1.95. The lowest BCUT2D eigenvalue weighted by molar-refractivity contribution is 0.1000. The monoisotopic (exact) mass is 191 g/mol. The van der Waals surface area contributed by atoms with Gasteiger partial charge in [-0.2, -0.15) is 0 Å². The number of primary amides is 1. The lowest BCUT2D eigenvalue weighted by atomic mass is 10.2. The molecule has 0 aromatic carbocycles. The maximum absolute atomic E-state index is 10.8. The minimum absolute atomic E-state index is 0.308. The third-order valence-corrected chi connectivity index (χ3v) is 1.86. The lowest BCUT2D eigenvalue weighted by Gasteiger charge is -1.92. The Bertz CT molecular complexity index is 489. The first kappa shape index (κ1) is 8.64. The largest absolute Gasteiger partial charge is 0.366 e. The van der Waals surface area contributed by atoms with Gasteiger partial charge in [-0.3, -0.25) is 4.79 Å². The van der Waals surface area contributed by atoms with Crippen molar-refractivity contribution in [2.24, 2.45) is 11.5 Å². The van der Waals surface area contributed by atoms with Crippen LogP contribution in [-0.2, 0) is 6.54 Å². The zero-order valence-corrected chi connectivity index (χ0v) is 7.32. The van der Waals surface area contributed by atoms with Crippen molar-refractivity contribution in [3.8, 4) is 0 Å². The van der Waals surface area contributed by atoms with Crippen molar-refractivity contribution in [3.63, 3.8) is 0 Å². The predicted octanol–water partition coefficient (Wildman–Crippen LogP) is -0.485. The van der Waals surface area contributed by atoms with Crippen LogP contribution >= 0.6 is 0 Å². The summed E-state index contributed by atoms with van der Waals surface area (Å²) < 4.78 is 0. The summed E-state index contributed by atoms with van der Waals surface area (Å²) in [6, 6.07) is 1.58. The number of H-pyrrole nitrogens is 1. The number of nitrogens with two attached hydrogens (primary N) is 2. The highest BCUT2D eigenvalue weighted by molar-refractivity contribution is 5.95. The normalized spacial score (nSPS) is 10.6. The van der Waals surface area contributed by atoms with Gasteiger partial charge in [0.15, 0.2) is 5.65 Å². The topological polar surface area (TPSA) is 111 Å². The van der Waals surface area contributed by atoms with Gasteiger partial charge in [-0.25, -0.2) is 9.97 Å². The Morgan fingerprint density at radius 2 is 2.36 bits per heavy atom. The fourth-order valence-corrected chi connectivity index (χ4v) is 1.18. The van der Waals surface area contributed by atoms with Gasteiger partial charge in [0.05, 0.1) is 12.1 Å². The van der Waals surface area contributed by atoms with Crippen molar-refractivity contribution in [2.75, 3.05) is 0 Å². The minimum Gasteiger partial charge on any atom is -0.366 e. The van der Waals surface area contributed by atoms with Crippen molar-refractivity contribution in [3.05, 3.63) is 23.7 Å². The van der Waals surface area contributed by atoms with Gasteiger partial charge in [-0.05, 0) is 6.07 Å². The van der Waals surface area contributed by atoms with Gasteiger partial charge in [0.2, 0.25) is 5.91 Å². The van der Waals surface area contributed by atoms with Crippen LogP contribution in [-0.4, -0.2) is 20.9 Å².